The van der Waals surface area contributed by atoms with Crippen LogP contribution in [0.15, 0.2) is 48.5 Å². The average molecular weight is 272 g/mol. The Labute approximate surface area is 120 Å². The Hall–Kier alpha value is -1.31. The van der Waals surface area contributed by atoms with E-state index < -0.39 is 0 Å². The van der Waals surface area contributed by atoms with Gasteiger partial charge in [0.1, 0.15) is 0 Å². The Morgan fingerprint density at radius 1 is 0.789 bits per heavy atom. The van der Waals surface area contributed by atoms with Crippen LogP contribution >= 0.6 is 12.4 Å². The second-order valence-electron chi connectivity index (χ2n) is 5.50. The molecular weight excluding hydrogens is 254 g/mol. The van der Waals surface area contributed by atoms with E-state index in [4.69, 9.17) is 0 Å². The molecule has 2 aliphatic rings. The minimum Gasteiger partial charge on any atom is -0.292 e. The third-order valence-electron chi connectivity index (χ3n) is 4.64. The summed E-state index contributed by atoms with van der Waals surface area (Å²) in [5.41, 5.74) is 6.15. The standard InChI is InChI=1S/C17H17N.ClH/c1-18-16-10-12-6-2-4-8-14(12)17(18)11-13-7-3-5-9-15(13)16;/h2-9,16-17H,10-11H2,1H3;1H. The van der Waals surface area contributed by atoms with Crippen LogP contribution < -0.4 is 0 Å². The maximum atomic E-state index is 2.56. The van der Waals surface area contributed by atoms with Crippen LogP contribution in [-0.4, -0.2) is 11.9 Å². The molecule has 2 bridgehead atoms. The number of nitrogens with zero attached hydrogens (tertiary/aromatic N) is 1. The summed E-state index contributed by atoms with van der Waals surface area (Å²) >= 11 is 0. The van der Waals surface area contributed by atoms with Gasteiger partial charge in [-0.1, -0.05) is 48.5 Å². The van der Waals surface area contributed by atoms with Crippen molar-refractivity contribution in [1.29, 1.82) is 0 Å². The number of halogens is 1. The molecule has 0 N–H and O–H groups in total. The van der Waals surface area contributed by atoms with Crippen LogP contribution in [0.25, 0.3) is 0 Å². The zero-order valence-electron chi connectivity index (χ0n) is 11.0. The average Bonchev–Trinajstić information content (AvgIpc) is 2.40. The van der Waals surface area contributed by atoms with Crippen molar-refractivity contribution >= 4 is 12.4 Å². The summed E-state index contributed by atoms with van der Waals surface area (Å²) < 4.78 is 0. The van der Waals surface area contributed by atoms with Crippen LogP contribution in [0.1, 0.15) is 34.3 Å². The predicted octanol–water partition coefficient (Wildman–Crippen LogP) is 3.93. The van der Waals surface area contributed by atoms with Crippen LogP contribution in [0.4, 0.5) is 0 Å². The third-order valence-corrected chi connectivity index (χ3v) is 4.64. The summed E-state index contributed by atoms with van der Waals surface area (Å²) in [7, 11) is 2.28. The number of rotatable bonds is 0. The van der Waals surface area contributed by atoms with E-state index in [-0.39, 0.29) is 12.4 Å². The molecular formula is C17H18ClN. The Morgan fingerprint density at radius 2 is 1.21 bits per heavy atom. The Bertz CT molecular complexity index is 554. The summed E-state index contributed by atoms with van der Waals surface area (Å²) in [6.07, 6.45) is 2.31. The van der Waals surface area contributed by atoms with Crippen molar-refractivity contribution in [3.8, 4) is 0 Å². The molecule has 2 aliphatic heterocycles. The van der Waals surface area contributed by atoms with Crippen molar-refractivity contribution in [2.75, 3.05) is 7.05 Å². The molecule has 0 aliphatic carbocycles. The number of benzene rings is 2. The van der Waals surface area contributed by atoms with Crippen molar-refractivity contribution in [3.05, 3.63) is 70.8 Å². The molecule has 98 valence electrons. The van der Waals surface area contributed by atoms with Crippen molar-refractivity contribution in [2.24, 2.45) is 0 Å². The zero-order chi connectivity index (χ0) is 12.1. The molecule has 4 rings (SSSR count). The van der Waals surface area contributed by atoms with Crippen LogP contribution in [0.3, 0.4) is 0 Å². The van der Waals surface area contributed by atoms with Crippen LogP contribution in [-0.2, 0) is 12.8 Å². The van der Waals surface area contributed by atoms with Crippen molar-refractivity contribution in [2.45, 2.75) is 24.9 Å². The number of hydrogen-bond donors (Lipinski definition) is 0. The highest BCUT2D eigenvalue weighted by molar-refractivity contribution is 5.85. The summed E-state index contributed by atoms with van der Waals surface area (Å²) in [5, 5.41) is 0. The van der Waals surface area contributed by atoms with Crippen molar-refractivity contribution in [1.82, 2.24) is 4.90 Å². The van der Waals surface area contributed by atoms with E-state index in [1.807, 2.05) is 0 Å². The van der Waals surface area contributed by atoms with Gasteiger partial charge in [0.2, 0.25) is 0 Å². The zero-order valence-corrected chi connectivity index (χ0v) is 11.9. The summed E-state index contributed by atoms with van der Waals surface area (Å²) in [6.45, 7) is 0. The monoisotopic (exact) mass is 271 g/mol. The van der Waals surface area contributed by atoms with Gasteiger partial charge in [0.05, 0.1) is 0 Å². The van der Waals surface area contributed by atoms with Gasteiger partial charge in [-0.05, 0) is 42.1 Å². The predicted molar refractivity (Wildman–Crippen MR) is 80.8 cm³/mol. The van der Waals surface area contributed by atoms with E-state index in [2.05, 4.69) is 60.5 Å². The normalized spacial score (nSPS) is 24.1. The van der Waals surface area contributed by atoms with Gasteiger partial charge in [-0.2, -0.15) is 0 Å². The van der Waals surface area contributed by atoms with Crippen LogP contribution in [0.5, 0.6) is 0 Å². The first-order valence-electron chi connectivity index (χ1n) is 6.72. The molecule has 2 atom stereocenters. The lowest BCUT2D eigenvalue weighted by molar-refractivity contribution is 0.138. The molecule has 2 heteroatoms. The lowest BCUT2D eigenvalue weighted by Crippen LogP contribution is -2.40. The minimum absolute atomic E-state index is 0. The number of fused-ring (bicyclic) bond motifs is 6. The third kappa shape index (κ3) is 1.80. The first kappa shape index (κ1) is 12.7. The summed E-state index contributed by atoms with van der Waals surface area (Å²) in [5.74, 6) is 0. The Morgan fingerprint density at radius 3 is 1.68 bits per heavy atom. The molecule has 2 unspecified atom stereocenters. The molecule has 0 saturated carbocycles. The maximum absolute atomic E-state index is 2.56. The molecule has 1 nitrogen and oxygen atoms in total. The molecule has 0 fully saturated rings. The van der Waals surface area contributed by atoms with Crippen molar-refractivity contribution < 1.29 is 0 Å². The minimum atomic E-state index is 0. The highest BCUT2D eigenvalue weighted by Gasteiger charge is 2.37. The van der Waals surface area contributed by atoms with Crippen LogP contribution in [0, 0.1) is 0 Å². The molecule has 2 heterocycles. The molecule has 19 heavy (non-hydrogen) atoms. The number of likely N-dealkylation sites (N-methyl/N-ethyl adjacent to an activating group) is 1. The maximum Gasteiger partial charge on any atom is 0.0394 e. The van der Waals surface area contributed by atoms with E-state index >= 15 is 0 Å². The van der Waals surface area contributed by atoms with Crippen molar-refractivity contribution in [3.63, 3.8) is 0 Å². The van der Waals surface area contributed by atoms with E-state index in [1.54, 1.807) is 11.1 Å². The fraction of sp³-hybridized carbons (Fsp3) is 0.294. The molecule has 0 amide bonds. The highest BCUT2D eigenvalue weighted by atomic mass is 35.5. The molecule has 2 aromatic rings. The van der Waals surface area contributed by atoms with Gasteiger partial charge in [-0.3, -0.25) is 4.90 Å². The fourth-order valence-electron chi connectivity index (χ4n) is 3.67. The first-order chi connectivity index (χ1) is 8.84. The fourth-order valence-corrected chi connectivity index (χ4v) is 3.67. The van der Waals surface area contributed by atoms with E-state index in [1.165, 1.54) is 11.1 Å². The largest absolute Gasteiger partial charge is 0.292 e. The van der Waals surface area contributed by atoms with Gasteiger partial charge >= 0.3 is 0 Å². The summed E-state index contributed by atoms with van der Waals surface area (Å²) in [6, 6.07) is 19.0. The highest BCUT2D eigenvalue weighted by Crippen LogP contribution is 2.45. The lowest BCUT2D eigenvalue weighted by atomic mass is 9.77. The molecule has 0 saturated heterocycles. The smallest absolute Gasteiger partial charge is 0.0394 e. The quantitative estimate of drug-likeness (QED) is 0.702. The Balaban J connectivity index is 0.00000110. The molecule has 2 aromatic carbocycles. The topological polar surface area (TPSA) is 3.24 Å². The molecule has 0 spiro atoms. The SMILES string of the molecule is CN1C2Cc3ccccc3C1Cc1ccccc12.Cl. The Kier molecular flexibility index (Phi) is 3.12. The van der Waals surface area contributed by atoms with Crippen LogP contribution in [0.2, 0.25) is 0 Å². The second-order valence-corrected chi connectivity index (χ2v) is 5.50. The van der Waals surface area contributed by atoms with E-state index in [9.17, 15) is 0 Å². The van der Waals surface area contributed by atoms with E-state index in [0.717, 1.165) is 12.8 Å². The second kappa shape index (κ2) is 4.66. The van der Waals surface area contributed by atoms with Gasteiger partial charge in [0.15, 0.2) is 0 Å². The van der Waals surface area contributed by atoms with Gasteiger partial charge in [0, 0.05) is 12.1 Å². The summed E-state index contributed by atoms with van der Waals surface area (Å²) in [4.78, 5) is 2.56. The molecule has 0 radical (unpaired) electrons. The van der Waals surface area contributed by atoms with Gasteiger partial charge < -0.3 is 0 Å². The molecule has 0 aromatic heterocycles. The lowest BCUT2D eigenvalue weighted by Gasteiger charge is -2.46. The van der Waals surface area contributed by atoms with Gasteiger partial charge in [0.25, 0.3) is 0 Å². The first-order valence-corrected chi connectivity index (χ1v) is 6.72. The van der Waals surface area contributed by atoms with E-state index in [0.29, 0.717) is 12.1 Å². The van der Waals surface area contributed by atoms with Gasteiger partial charge in [-0.15, -0.1) is 12.4 Å². The van der Waals surface area contributed by atoms with Gasteiger partial charge in [-0.25, -0.2) is 0 Å². The number of hydrogen-bond acceptors (Lipinski definition) is 1.